The average molecular weight is 361 g/mol. The maximum atomic E-state index is 12.1. The highest BCUT2D eigenvalue weighted by Crippen LogP contribution is 2.23. The topological polar surface area (TPSA) is 63.5 Å². The van der Waals surface area contributed by atoms with E-state index < -0.39 is 0 Å². The van der Waals surface area contributed by atoms with Crippen molar-refractivity contribution in [3.05, 3.63) is 34.8 Å². The van der Waals surface area contributed by atoms with Crippen molar-refractivity contribution in [3.63, 3.8) is 0 Å². The number of amides is 1. The van der Waals surface area contributed by atoms with Gasteiger partial charge in [0, 0.05) is 44.0 Å². The number of hydrogen-bond donors (Lipinski definition) is 0. The summed E-state index contributed by atoms with van der Waals surface area (Å²) in [4.78, 5) is 25.1. The number of hydrogen-bond acceptors (Lipinski definition) is 6. The molecule has 0 spiro atoms. The van der Waals surface area contributed by atoms with Crippen molar-refractivity contribution in [2.75, 3.05) is 32.8 Å². The van der Waals surface area contributed by atoms with Crippen molar-refractivity contribution < 1.29 is 9.53 Å². The van der Waals surface area contributed by atoms with Gasteiger partial charge in [0.15, 0.2) is 0 Å². The molecule has 2 aromatic rings. The fraction of sp³-hybridized carbons (Fsp3) is 0.588. The van der Waals surface area contributed by atoms with Crippen LogP contribution in [0.25, 0.3) is 0 Å². The fourth-order valence-corrected chi connectivity index (χ4v) is 4.24. The number of nitrogens with zero attached hydrogens (tertiary/aromatic N) is 5. The van der Waals surface area contributed by atoms with Gasteiger partial charge in [-0.1, -0.05) is 0 Å². The van der Waals surface area contributed by atoms with Gasteiger partial charge in [0.1, 0.15) is 11.6 Å². The predicted molar refractivity (Wildman–Crippen MR) is 94.1 cm³/mol. The number of rotatable bonds is 6. The molecular weight excluding hydrogens is 338 g/mol. The molecule has 8 heteroatoms. The monoisotopic (exact) mass is 361 g/mol. The molecule has 25 heavy (non-hydrogen) atoms. The van der Waals surface area contributed by atoms with Gasteiger partial charge in [0.2, 0.25) is 5.91 Å². The lowest BCUT2D eigenvalue weighted by molar-refractivity contribution is -0.135. The summed E-state index contributed by atoms with van der Waals surface area (Å²) in [5.41, 5.74) is 1.18. The van der Waals surface area contributed by atoms with E-state index >= 15 is 0 Å². The predicted octanol–water partition coefficient (Wildman–Crippen LogP) is 1.54. The summed E-state index contributed by atoms with van der Waals surface area (Å²) in [6, 6.07) is 0.178. The molecule has 4 heterocycles. The minimum atomic E-state index is 0.110. The normalized spacial score (nSPS) is 20.8. The third kappa shape index (κ3) is 3.91. The van der Waals surface area contributed by atoms with Crippen molar-refractivity contribution in [1.29, 1.82) is 0 Å². The van der Waals surface area contributed by atoms with Gasteiger partial charge >= 0.3 is 0 Å². The van der Waals surface area contributed by atoms with E-state index in [1.807, 2.05) is 29.0 Å². The highest BCUT2D eigenvalue weighted by Gasteiger charge is 2.26. The lowest BCUT2D eigenvalue weighted by atomic mass is 10.2. The molecule has 0 aliphatic carbocycles. The first-order valence-corrected chi connectivity index (χ1v) is 9.64. The van der Waals surface area contributed by atoms with Gasteiger partial charge in [0.25, 0.3) is 0 Å². The van der Waals surface area contributed by atoms with Crippen molar-refractivity contribution in [3.8, 4) is 0 Å². The van der Waals surface area contributed by atoms with Gasteiger partial charge in [-0.25, -0.2) is 9.97 Å². The molecule has 4 rings (SSSR count). The first-order chi connectivity index (χ1) is 12.3. The maximum Gasteiger partial charge on any atom is 0.248 e. The number of carbonyl (C=O) groups excluding carboxylic acids is 1. The minimum Gasteiger partial charge on any atom is -0.369 e. The number of ether oxygens (including phenoxy) is 1. The minimum absolute atomic E-state index is 0.110. The van der Waals surface area contributed by atoms with Crippen LogP contribution in [0.5, 0.6) is 0 Å². The maximum absolute atomic E-state index is 12.1. The molecule has 1 fully saturated rings. The summed E-state index contributed by atoms with van der Waals surface area (Å²) in [5.74, 6) is 0.110. The van der Waals surface area contributed by atoms with E-state index in [1.165, 1.54) is 5.69 Å². The van der Waals surface area contributed by atoms with Crippen LogP contribution in [-0.4, -0.2) is 63.1 Å². The molecule has 7 nitrogen and oxygen atoms in total. The molecule has 134 valence electrons. The van der Waals surface area contributed by atoms with Crippen LogP contribution < -0.4 is 0 Å². The standard InChI is InChI=1S/C17H23N5O2S/c23-17(21-4-1-2-5-21)12-24-11-15-9-20(10-16-19-3-6-25-16)8-14-7-18-13-22(14)15/h3,6-7,13,15H,1-2,4-5,8-12H2/t15-/m1/s1. The molecule has 0 saturated carbocycles. The van der Waals surface area contributed by atoms with Crippen LogP contribution in [0.4, 0.5) is 0 Å². The zero-order valence-electron chi connectivity index (χ0n) is 14.2. The zero-order chi connectivity index (χ0) is 17.1. The largest absolute Gasteiger partial charge is 0.369 e. The van der Waals surface area contributed by atoms with Crippen LogP contribution in [0.2, 0.25) is 0 Å². The Morgan fingerprint density at radius 1 is 1.36 bits per heavy atom. The number of fused-ring (bicyclic) bond motifs is 1. The molecule has 2 aliphatic rings. The second kappa shape index (κ2) is 7.63. The van der Waals surface area contributed by atoms with Crippen molar-refractivity contribution in [2.24, 2.45) is 0 Å². The van der Waals surface area contributed by atoms with E-state index in [2.05, 4.69) is 19.4 Å². The molecule has 0 N–H and O–H groups in total. The number of thiazole rings is 1. The molecular formula is C17H23N5O2S. The van der Waals surface area contributed by atoms with E-state index in [0.717, 1.165) is 50.6 Å². The lowest BCUT2D eigenvalue weighted by Gasteiger charge is -2.33. The molecule has 0 aromatic carbocycles. The van der Waals surface area contributed by atoms with Crippen LogP contribution in [0.15, 0.2) is 24.1 Å². The smallest absolute Gasteiger partial charge is 0.248 e. The van der Waals surface area contributed by atoms with E-state index in [4.69, 9.17) is 4.74 Å². The van der Waals surface area contributed by atoms with Crippen LogP contribution in [0, 0.1) is 0 Å². The molecule has 2 aliphatic heterocycles. The summed E-state index contributed by atoms with van der Waals surface area (Å²) in [6.45, 7) is 5.03. The molecule has 1 amide bonds. The summed E-state index contributed by atoms with van der Waals surface area (Å²) >= 11 is 1.68. The van der Waals surface area contributed by atoms with Crippen molar-refractivity contribution >= 4 is 17.2 Å². The van der Waals surface area contributed by atoms with Crippen LogP contribution in [-0.2, 0) is 22.6 Å². The Kier molecular flexibility index (Phi) is 5.09. The Balaban J connectivity index is 1.34. The van der Waals surface area contributed by atoms with Gasteiger partial charge in [-0.2, -0.15) is 0 Å². The lowest BCUT2D eigenvalue weighted by Crippen LogP contribution is -2.39. The molecule has 0 bridgehead atoms. The van der Waals surface area contributed by atoms with E-state index in [0.29, 0.717) is 6.61 Å². The Hall–Kier alpha value is -1.77. The third-order valence-corrected chi connectivity index (χ3v) is 5.60. The molecule has 1 saturated heterocycles. The van der Waals surface area contributed by atoms with Crippen LogP contribution >= 0.6 is 11.3 Å². The highest BCUT2D eigenvalue weighted by atomic mass is 32.1. The molecule has 0 radical (unpaired) electrons. The van der Waals surface area contributed by atoms with E-state index in [-0.39, 0.29) is 18.6 Å². The van der Waals surface area contributed by atoms with Gasteiger partial charge in [-0.3, -0.25) is 9.69 Å². The fourth-order valence-electron chi connectivity index (χ4n) is 3.58. The van der Waals surface area contributed by atoms with Crippen molar-refractivity contribution in [2.45, 2.75) is 32.0 Å². The molecule has 1 atom stereocenters. The summed E-state index contributed by atoms with van der Waals surface area (Å²) in [7, 11) is 0. The van der Waals surface area contributed by atoms with E-state index in [1.54, 1.807) is 11.3 Å². The van der Waals surface area contributed by atoms with Gasteiger partial charge in [0.05, 0.1) is 31.2 Å². The summed E-state index contributed by atoms with van der Waals surface area (Å²) in [5, 5.41) is 3.13. The Labute approximate surface area is 151 Å². The second-order valence-electron chi connectivity index (χ2n) is 6.64. The highest BCUT2D eigenvalue weighted by molar-refractivity contribution is 7.09. The number of aromatic nitrogens is 3. The Morgan fingerprint density at radius 3 is 3.04 bits per heavy atom. The quantitative estimate of drug-likeness (QED) is 0.781. The van der Waals surface area contributed by atoms with E-state index in [9.17, 15) is 4.79 Å². The first-order valence-electron chi connectivity index (χ1n) is 8.76. The number of likely N-dealkylation sites (tertiary alicyclic amines) is 1. The van der Waals surface area contributed by atoms with Crippen LogP contribution in [0.3, 0.4) is 0 Å². The van der Waals surface area contributed by atoms with Crippen molar-refractivity contribution in [1.82, 2.24) is 24.3 Å². The van der Waals surface area contributed by atoms with Gasteiger partial charge in [-0.05, 0) is 12.8 Å². The zero-order valence-corrected chi connectivity index (χ0v) is 15.0. The van der Waals surface area contributed by atoms with Gasteiger partial charge in [-0.15, -0.1) is 11.3 Å². The average Bonchev–Trinajstić information content (AvgIpc) is 3.36. The molecule has 2 aromatic heterocycles. The SMILES string of the molecule is O=C(COC[C@H]1CN(Cc2nccs2)Cc2cncn21)N1CCCC1. The third-order valence-electron chi connectivity index (χ3n) is 4.83. The Morgan fingerprint density at radius 2 is 2.24 bits per heavy atom. The Bertz CT molecular complexity index is 696. The second-order valence-corrected chi connectivity index (χ2v) is 7.62. The first kappa shape index (κ1) is 16.7. The number of carbonyl (C=O) groups is 1. The number of imidazole rings is 1. The summed E-state index contributed by atoms with van der Waals surface area (Å²) < 4.78 is 7.96. The van der Waals surface area contributed by atoms with Gasteiger partial charge < -0.3 is 14.2 Å². The summed E-state index contributed by atoms with van der Waals surface area (Å²) in [6.07, 6.45) is 7.85. The van der Waals surface area contributed by atoms with Crippen LogP contribution in [0.1, 0.15) is 29.6 Å². The molecule has 0 unspecified atom stereocenters.